The number of benzene rings is 1. The Morgan fingerprint density at radius 1 is 1.27 bits per heavy atom. The number of aromatic nitrogens is 2. The highest BCUT2D eigenvalue weighted by Gasteiger charge is 2.10. The standard InChI is InChI=1S/C16H19BrN4O/c1-4-11(3)18-15-8-7-14(20-21-15)16(22)19-12-6-5-10(2)13(17)9-12/h5-9,11H,4H2,1-3H3,(H,18,21)(H,19,22). The molecule has 0 bridgehead atoms. The molecule has 0 saturated heterocycles. The summed E-state index contributed by atoms with van der Waals surface area (Å²) in [6.45, 7) is 6.15. The summed E-state index contributed by atoms with van der Waals surface area (Å²) in [4.78, 5) is 12.2. The van der Waals surface area contributed by atoms with E-state index >= 15 is 0 Å². The van der Waals surface area contributed by atoms with E-state index in [1.54, 1.807) is 12.1 Å². The molecule has 2 rings (SSSR count). The average molecular weight is 363 g/mol. The first kappa shape index (κ1) is 16.4. The van der Waals surface area contributed by atoms with Crippen LogP contribution in [0.25, 0.3) is 0 Å². The number of aryl methyl sites for hydroxylation is 1. The fourth-order valence-corrected chi connectivity index (χ4v) is 2.13. The Morgan fingerprint density at radius 2 is 2.05 bits per heavy atom. The molecular formula is C16H19BrN4O. The van der Waals surface area contributed by atoms with Crippen molar-refractivity contribution in [1.82, 2.24) is 10.2 Å². The third kappa shape index (κ3) is 4.27. The highest BCUT2D eigenvalue weighted by Crippen LogP contribution is 2.21. The first-order valence-electron chi connectivity index (χ1n) is 7.17. The van der Waals surface area contributed by atoms with Gasteiger partial charge in [-0.3, -0.25) is 4.79 Å². The molecule has 5 nitrogen and oxygen atoms in total. The monoisotopic (exact) mass is 362 g/mol. The first-order chi connectivity index (χ1) is 10.5. The third-order valence-corrected chi connectivity index (χ3v) is 4.19. The molecule has 1 atom stereocenters. The molecule has 1 aromatic heterocycles. The summed E-state index contributed by atoms with van der Waals surface area (Å²) in [6.07, 6.45) is 0.992. The van der Waals surface area contributed by atoms with Crippen LogP contribution in [0, 0.1) is 6.92 Å². The van der Waals surface area contributed by atoms with Crippen molar-refractivity contribution in [3.05, 3.63) is 46.1 Å². The molecule has 2 aromatic rings. The topological polar surface area (TPSA) is 66.9 Å². The van der Waals surface area contributed by atoms with Gasteiger partial charge >= 0.3 is 0 Å². The SMILES string of the molecule is CCC(C)Nc1ccc(C(=O)Nc2ccc(C)c(Br)c2)nn1. The average Bonchev–Trinajstić information content (AvgIpc) is 2.51. The maximum Gasteiger partial charge on any atom is 0.276 e. The van der Waals surface area contributed by atoms with Gasteiger partial charge in [0, 0.05) is 16.2 Å². The molecule has 22 heavy (non-hydrogen) atoms. The van der Waals surface area contributed by atoms with Crippen LogP contribution in [0.5, 0.6) is 0 Å². The molecule has 0 aliphatic rings. The second-order valence-electron chi connectivity index (χ2n) is 5.18. The van der Waals surface area contributed by atoms with Crippen molar-refractivity contribution < 1.29 is 4.79 Å². The maximum atomic E-state index is 12.2. The van der Waals surface area contributed by atoms with Crippen molar-refractivity contribution >= 4 is 33.3 Å². The number of halogens is 1. The largest absolute Gasteiger partial charge is 0.366 e. The molecule has 6 heteroatoms. The second kappa shape index (κ2) is 7.35. The number of nitrogens with one attached hydrogen (secondary N) is 2. The van der Waals surface area contributed by atoms with Gasteiger partial charge < -0.3 is 10.6 Å². The van der Waals surface area contributed by atoms with Gasteiger partial charge in [-0.25, -0.2) is 0 Å². The van der Waals surface area contributed by atoms with Crippen LogP contribution in [0.3, 0.4) is 0 Å². The number of amides is 1. The quantitative estimate of drug-likeness (QED) is 0.842. The number of anilines is 2. The van der Waals surface area contributed by atoms with Crippen molar-refractivity contribution in [1.29, 1.82) is 0 Å². The van der Waals surface area contributed by atoms with E-state index in [0.717, 1.165) is 16.5 Å². The fraction of sp³-hybridized carbons (Fsp3) is 0.312. The summed E-state index contributed by atoms with van der Waals surface area (Å²) in [6, 6.07) is 9.39. The minimum atomic E-state index is -0.279. The van der Waals surface area contributed by atoms with Gasteiger partial charge in [-0.2, -0.15) is 0 Å². The van der Waals surface area contributed by atoms with Gasteiger partial charge in [0.2, 0.25) is 0 Å². The van der Waals surface area contributed by atoms with E-state index < -0.39 is 0 Å². The minimum absolute atomic E-state index is 0.279. The Kier molecular flexibility index (Phi) is 5.49. The Morgan fingerprint density at radius 3 is 2.64 bits per heavy atom. The highest BCUT2D eigenvalue weighted by molar-refractivity contribution is 9.10. The van der Waals surface area contributed by atoms with E-state index in [2.05, 4.69) is 50.6 Å². The summed E-state index contributed by atoms with van der Waals surface area (Å²) in [5.74, 6) is 0.391. The van der Waals surface area contributed by atoms with E-state index in [1.165, 1.54) is 0 Å². The van der Waals surface area contributed by atoms with Gasteiger partial charge in [0.25, 0.3) is 5.91 Å². The molecule has 0 saturated carbocycles. The molecular weight excluding hydrogens is 344 g/mol. The van der Waals surface area contributed by atoms with Crippen LogP contribution in [0.1, 0.15) is 36.3 Å². The summed E-state index contributed by atoms with van der Waals surface area (Å²) in [7, 11) is 0. The molecule has 1 heterocycles. The first-order valence-corrected chi connectivity index (χ1v) is 7.96. The van der Waals surface area contributed by atoms with Crippen LogP contribution in [-0.4, -0.2) is 22.1 Å². The Bertz CT molecular complexity index is 658. The molecule has 116 valence electrons. The molecule has 1 amide bonds. The van der Waals surface area contributed by atoms with Crippen LogP contribution >= 0.6 is 15.9 Å². The summed E-state index contributed by atoms with van der Waals surface area (Å²) in [5, 5.41) is 14.0. The lowest BCUT2D eigenvalue weighted by atomic mass is 10.2. The van der Waals surface area contributed by atoms with Crippen molar-refractivity contribution in [2.75, 3.05) is 10.6 Å². The van der Waals surface area contributed by atoms with E-state index in [9.17, 15) is 4.79 Å². The van der Waals surface area contributed by atoms with E-state index in [4.69, 9.17) is 0 Å². The Balaban J connectivity index is 2.04. The van der Waals surface area contributed by atoms with Crippen LogP contribution in [0.15, 0.2) is 34.8 Å². The van der Waals surface area contributed by atoms with E-state index in [-0.39, 0.29) is 11.6 Å². The fourth-order valence-electron chi connectivity index (χ4n) is 1.75. The molecule has 2 N–H and O–H groups in total. The number of carbonyl (C=O) groups is 1. The zero-order chi connectivity index (χ0) is 16.1. The van der Waals surface area contributed by atoms with Gasteiger partial charge in [-0.15, -0.1) is 10.2 Å². The van der Waals surface area contributed by atoms with Crippen LogP contribution < -0.4 is 10.6 Å². The maximum absolute atomic E-state index is 12.2. The summed E-state index contributed by atoms with van der Waals surface area (Å²) >= 11 is 3.44. The lowest BCUT2D eigenvalue weighted by molar-refractivity contribution is 0.102. The predicted octanol–water partition coefficient (Wildman–Crippen LogP) is 4.01. The van der Waals surface area contributed by atoms with Crippen molar-refractivity contribution in [3.63, 3.8) is 0 Å². The lowest BCUT2D eigenvalue weighted by Crippen LogP contribution is -2.17. The zero-order valence-corrected chi connectivity index (χ0v) is 14.4. The van der Waals surface area contributed by atoms with Gasteiger partial charge in [-0.1, -0.05) is 28.9 Å². The van der Waals surface area contributed by atoms with Gasteiger partial charge in [0.05, 0.1) is 0 Å². The van der Waals surface area contributed by atoms with Gasteiger partial charge in [-0.05, 0) is 50.1 Å². The predicted molar refractivity (Wildman–Crippen MR) is 92.2 cm³/mol. The summed E-state index contributed by atoms with van der Waals surface area (Å²) in [5.41, 5.74) is 2.11. The molecule has 0 fully saturated rings. The van der Waals surface area contributed by atoms with E-state index in [0.29, 0.717) is 17.5 Å². The molecule has 0 aliphatic carbocycles. The van der Waals surface area contributed by atoms with Crippen molar-refractivity contribution in [2.45, 2.75) is 33.2 Å². The summed E-state index contributed by atoms with van der Waals surface area (Å²) < 4.78 is 0.949. The van der Waals surface area contributed by atoms with Gasteiger partial charge in [0.15, 0.2) is 5.69 Å². The normalized spacial score (nSPS) is 11.8. The number of hydrogen-bond donors (Lipinski definition) is 2. The third-order valence-electron chi connectivity index (χ3n) is 3.33. The molecule has 1 aromatic carbocycles. The van der Waals surface area contributed by atoms with Crippen LogP contribution in [0.4, 0.5) is 11.5 Å². The Hall–Kier alpha value is -1.95. The van der Waals surface area contributed by atoms with Crippen LogP contribution in [-0.2, 0) is 0 Å². The molecule has 0 spiro atoms. The van der Waals surface area contributed by atoms with Crippen molar-refractivity contribution in [2.24, 2.45) is 0 Å². The minimum Gasteiger partial charge on any atom is -0.366 e. The molecule has 0 radical (unpaired) electrons. The lowest BCUT2D eigenvalue weighted by Gasteiger charge is -2.11. The number of hydrogen-bond acceptors (Lipinski definition) is 4. The highest BCUT2D eigenvalue weighted by atomic mass is 79.9. The van der Waals surface area contributed by atoms with E-state index in [1.807, 2.05) is 25.1 Å². The smallest absolute Gasteiger partial charge is 0.276 e. The molecule has 1 unspecified atom stereocenters. The number of nitrogens with zero attached hydrogens (tertiary/aromatic N) is 2. The zero-order valence-electron chi connectivity index (χ0n) is 12.9. The Labute approximate surface area is 138 Å². The number of carbonyl (C=O) groups excluding carboxylic acids is 1. The number of rotatable bonds is 5. The van der Waals surface area contributed by atoms with Crippen LogP contribution in [0.2, 0.25) is 0 Å². The molecule has 0 aliphatic heterocycles. The van der Waals surface area contributed by atoms with Gasteiger partial charge in [0.1, 0.15) is 5.82 Å². The van der Waals surface area contributed by atoms with Crippen molar-refractivity contribution in [3.8, 4) is 0 Å². The second-order valence-corrected chi connectivity index (χ2v) is 6.03.